The summed E-state index contributed by atoms with van der Waals surface area (Å²) in [7, 11) is 1.67. The number of aldehydes is 1. The predicted octanol–water partition coefficient (Wildman–Crippen LogP) is 2.17. The summed E-state index contributed by atoms with van der Waals surface area (Å²) in [6, 6.07) is 8.80. The van der Waals surface area contributed by atoms with Gasteiger partial charge < -0.3 is 15.0 Å². The van der Waals surface area contributed by atoms with Crippen LogP contribution < -0.4 is 5.32 Å². The minimum atomic E-state index is -0.382. The molecule has 0 aliphatic carbocycles. The Labute approximate surface area is 114 Å². The molecule has 2 atom stereocenters. The first-order valence-corrected chi connectivity index (χ1v) is 6.51. The number of carbonyl (C=O) groups excluding carboxylic acids is 2. The zero-order chi connectivity index (χ0) is 14.4. The number of amides is 1. The summed E-state index contributed by atoms with van der Waals surface area (Å²) in [5.74, 6) is 0.0185. The van der Waals surface area contributed by atoms with Crippen LogP contribution in [0.5, 0.6) is 0 Å². The zero-order valence-corrected chi connectivity index (χ0v) is 12.0. The summed E-state index contributed by atoms with van der Waals surface area (Å²) in [5, 5.41) is 3.13. The van der Waals surface area contributed by atoms with Gasteiger partial charge in [-0.3, -0.25) is 4.79 Å². The van der Waals surface area contributed by atoms with Crippen LogP contribution in [0.25, 0.3) is 0 Å². The van der Waals surface area contributed by atoms with E-state index >= 15 is 0 Å². The minimum absolute atomic E-state index is 0.0883. The number of carbonyl (C=O) groups is 2. The minimum Gasteiger partial charge on any atom is -0.374 e. The second-order valence-electron chi connectivity index (χ2n) is 5.05. The van der Waals surface area contributed by atoms with E-state index in [4.69, 9.17) is 0 Å². The summed E-state index contributed by atoms with van der Waals surface area (Å²) in [6.45, 7) is 5.66. The highest BCUT2D eigenvalue weighted by atomic mass is 16.2. The normalized spacial score (nSPS) is 13.7. The molecule has 0 aromatic heterocycles. The Balaban J connectivity index is 2.68. The summed E-state index contributed by atoms with van der Waals surface area (Å²) in [6.07, 6.45) is 0.831. The van der Waals surface area contributed by atoms with E-state index < -0.39 is 0 Å². The van der Waals surface area contributed by atoms with Crippen LogP contribution in [0.1, 0.15) is 20.8 Å². The third-order valence-corrected chi connectivity index (χ3v) is 3.14. The van der Waals surface area contributed by atoms with Crippen molar-refractivity contribution in [3.05, 3.63) is 30.3 Å². The maximum Gasteiger partial charge on any atom is 0.245 e. The number of para-hydroxylation sites is 1. The van der Waals surface area contributed by atoms with Gasteiger partial charge in [-0.1, -0.05) is 32.0 Å². The third-order valence-electron chi connectivity index (χ3n) is 3.14. The third kappa shape index (κ3) is 4.09. The fourth-order valence-corrected chi connectivity index (χ4v) is 1.99. The molecule has 1 aromatic rings. The summed E-state index contributed by atoms with van der Waals surface area (Å²) >= 11 is 0. The van der Waals surface area contributed by atoms with Gasteiger partial charge in [-0.25, -0.2) is 0 Å². The van der Waals surface area contributed by atoms with Gasteiger partial charge in [0.2, 0.25) is 5.91 Å². The molecule has 0 heterocycles. The van der Waals surface area contributed by atoms with Gasteiger partial charge in [-0.2, -0.15) is 0 Å². The molecule has 1 aromatic carbocycles. The topological polar surface area (TPSA) is 49.4 Å². The van der Waals surface area contributed by atoms with Gasteiger partial charge >= 0.3 is 0 Å². The van der Waals surface area contributed by atoms with Gasteiger partial charge in [0.25, 0.3) is 0 Å². The molecule has 1 rings (SSSR count). The van der Waals surface area contributed by atoms with Crippen LogP contribution in [0.2, 0.25) is 0 Å². The van der Waals surface area contributed by atoms with Crippen molar-refractivity contribution >= 4 is 17.9 Å². The highest BCUT2D eigenvalue weighted by Crippen LogP contribution is 2.12. The average molecular weight is 262 g/mol. The fraction of sp³-hybridized carbons (Fsp3) is 0.467. The van der Waals surface area contributed by atoms with E-state index in [0.29, 0.717) is 0 Å². The maximum atomic E-state index is 12.3. The molecular formula is C15H22N2O2. The first-order chi connectivity index (χ1) is 8.97. The molecule has 1 unspecified atom stereocenters. The van der Waals surface area contributed by atoms with Crippen molar-refractivity contribution in [2.45, 2.75) is 32.9 Å². The van der Waals surface area contributed by atoms with Crippen LogP contribution in [-0.2, 0) is 9.59 Å². The second-order valence-corrected chi connectivity index (χ2v) is 5.05. The van der Waals surface area contributed by atoms with Crippen LogP contribution in [0.4, 0.5) is 5.69 Å². The van der Waals surface area contributed by atoms with Crippen LogP contribution in [0.3, 0.4) is 0 Å². The summed E-state index contributed by atoms with van der Waals surface area (Å²) in [5.41, 5.74) is 0.893. The molecule has 0 radical (unpaired) electrons. The smallest absolute Gasteiger partial charge is 0.245 e. The highest BCUT2D eigenvalue weighted by molar-refractivity contribution is 5.86. The van der Waals surface area contributed by atoms with Crippen molar-refractivity contribution in [1.82, 2.24) is 4.90 Å². The van der Waals surface area contributed by atoms with E-state index in [2.05, 4.69) is 5.32 Å². The lowest BCUT2D eigenvalue weighted by Crippen LogP contribution is -2.47. The molecule has 19 heavy (non-hydrogen) atoms. The van der Waals surface area contributed by atoms with E-state index in [0.717, 1.165) is 12.0 Å². The van der Waals surface area contributed by atoms with E-state index in [1.54, 1.807) is 14.0 Å². The Kier molecular flexibility index (Phi) is 5.55. The second kappa shape index (κ2) is 6.92. The molecule has 104 valence electrons. The molecule has 4 heteroatoms. The molecule has 0 saturated carbocycles. The van der Waals surface area contributed by atoms with Crippen LogP contribution >= 0.6 is 0 Å². The predicted molar refractivity (Wildman–Crippen MR) is 77.0 cm³/mol. The number of benzene rings is 1. The van der Waals surface area contributed by atoms with Gasteiger partial charge in [-0.15, -0.1) is 0 Å². The van der Waals surface area contributed by atoms with Crippen molar-refractivity contribution in [1.29, 1.82) is 0 Å². The Morgan fingerprint density at radius 3 is 2.26 bits per heavy atom. The monoisotopic (exact) mass is 262 g/mol. The van der Waals surface area contributed by atoms with E-state index in [1.165, 1.54) is 4.90 Å². The number of anilines is 1. The molecule has 0 spiro atoms. The molecule has 4 nitrogen and oxygen atoms in total. The number of likely N-dealkylation sites (N-methyl/N-ethyl adjacent to an activating group) is 1. The standard InChI is InChI=1S/C15H22N2O2/c1-11(2)14(10-18)17(4)15(19)12(3)16-13-8-6-5-7-9-13/h5-12,14,16H,1-4H3/t12?,14-/m1/s1. The van der Waals surface area contributed by atoms with Gasteiger partial charge in [0.05, 0.1) is 6.04 Å². The Hall–Kier alpha value is -1.84. The summed E-state index contributed by atoms with van der Waals surface area (Å²) in [4.78, 5) is 24.8. The van der Waals surface area contributed by atoms with E-state index in [-0.39, 0.29) is 23.9 Å². The Morgan fingerprint density at radius 1 is 1.21 bits per heavy atom. The summed E-state index contributed by atoms with van der Waals surface area (Å²) < 4.78 is 0. The molecule has 0 saturated heterocycles. The van der Waals surface area contributed by atoms with Gasteiger partial charge in [-0.05, 0) is 25.0 Å². The van der Waals surface area contributed by atoms with Crippen LogP contribution in [0, 0.1) is 5.92 Å². The average Bonchev–Trinajstić information content (AvgIpc) is 2.39. The lowest BCUT2D eigenvalue weighted by molar-refractivity contribution is -0.136. The molecule has 0 fully saturated rings. The lowest BCUT2D eigenvalue weighted by Gasteiger charge is -2.29. The van der Waals surface area contributed by atoms with Crippen molar-refractivity contribution in [3.63, 3.8) is 0 Å². The molecular weight excluding hydrogens is 240 g/mol. The van der Waals surface area contributed by atoms with Crippen molar-refractivity contribution in [2.75, 3.05) is 12.4 Å². The number of hydrogen-bond donors (Lipinski definition) is 1. The largest absolute Gasteiger partial charge is 0.374 e. The maximum absolute atomic E-state index is 12.3. The lowest BCUT2D eigenvalue weighted by atomic mass is 10.0. The van der Waals surface area contributed by atoms with Crippen molar-refractivity contribution < 1.29 is 9.59 Å². The highest BCUT2D eigenvalue weighted by Gasteiger charge is 2.25. The molecule has 0 bridgehead atoms. The number of nitrogens with zero attached hydrogens (tertiary/aromatic N) is 1. The quantitative estimate of drug-likeness (QED) is 0.799. The molecule has 0 aliphatic rings. The Bertz CT molecular complexity index is 417. The first kappa shape index (κ1) is 15.2. The molecule has 0 aliphatic heterocycles. The zero-order valence-electron chi connectivity index (χ0n) is 12.0. The van der Waals surface area contributed by atoms with Crippen LogP contribution in [0.15, 0.2) is 30.3 Å². The number of hydrogen-bond acceptors (Lipinski definition) is 3. The number of rotatable bonds is 6. The van der Waals surface area contributed by atoms with Gasteiger partial charge in [0.15, 0.2) is 0 Å². The number of nitrogens with one attached hydrogen (secondary N) is 1. The van der Waals surface area contributed by atoms with E-state index in [9.17, 15) is 9.59 Å². The van der Waals surface area contributed by atoms with Gasteiger partial charge in [0, 0.05) is 12.7 Å². The van der Waals surface area contributed by atoms with Crippen molar-refractivity contribution in [3.8, 4) is 0 Å². The van der Waals surface area contributed by atoms with E-state index in [1.807, 2.05) is 44.2 Å². The van der Waals surface area contributed by atoms with Gasteiger partial charge in [0.1, 0.15) is 12.3 Å². The SMILES string of the molecule is CC(Nc1ccccc1)C(=O)N(C)[C@H](C=O)C(C)C. The fourth-order valence-electron chi connectivity index (χ4n) is 1.99. The first-order valence-electron chi connectivity index (χ1n) is 6.51. The van der Waals surface area contributed by atoms with Crippen molar-refractivity contribution in [2.24, 2.45) is 5.92 Å². The molecule has 1 N–H and O–H groups in total. The van der Waals surface area contributed by atoms with Crippen LogP contribution in [-0.4, -0.2) is 36.2 Å². The molecule has 1 amide bonds. The Morgan fingerprint density at radius 2 is 1.79 bits per heavy atom.